The van der Waals surface area contributed by atoms with Crippen LogP contribution >= 0.6 is 11.8 Å². The van der Waals surface area contributed by atoms with Crippen molar-refractivity contribution in [3.05, 3.63) is 77.2 Å². The maximum absolute atomic E-state index is 14.0. The second kappa shape index (κ2) is 7.93. The summed E-state index contributed by atoms with van der Waals surface area (Å²) in [7, 11) is 0. The molecule has 0 spiro atoms. The van der Waals surface area contributed by atoms with Gasteiger partial charge >= 0.3 is 0 Å². The van der Waals surface area contributed by atoms with E-state index in [-0.39, 0.29) is 11.0 Å². The van der Waals surface area contributed by atoms with Crippen LogP contribution in [0.5, 0.6) is 0 Å². The Kier molecular flexibility index (Phi) is 4.90. The maximum Gasteiger partial charge on any atom is 0.192 e. The number of carbonyl (C=O) groups is 1. The fourth-order valence-corrected chi connectivity index (χ4v) is 5.71. The Labute approximate surface area is 191 Å². The van der Waals surface area contributed by atoms with Gasteiger partial charge in [0.2, 0.25) is 0 Å². The van der Waals surface area contributed by atoms with Crippen LogP contribution in [-0.2, 0) is 6.42 Å². The highest BCUT2D eigenvalue weighted by Crippen LogP contribution is 2.48. The lowest BCUT2D eigenvalue weighted by Crippen LogP contribution is -2.11. The van der Waals surface area contributed by atoms with Crippen LogP contribution in [-0.4, -0.2) is 25.5 Å². The number of Topliss-reactive ketones (excluding diaryl/α,β-unsaturated/α-hetero) is 1. The molecule has 2 aromatic carbocycles. The lowest BCUT2D eigenvalue weighted by molar-refractivity contribution is 0.0991. The Morgan fingerprint density at radius 1 is 1.09 bits per heavy atom. The van der Waals surface area contributed by atoms with Crippen LogP contribution in [0, 0.1) is 0 Å². The van der Waals surface area contributed by atoms with E-state index >= 15 is 0 Å². The number of aromatic amines is 1. The zero-order valence-electron chi connectivity index (χ0n) is 18.1. The van der Waals surface area contributed by atoms with Gasteiger partial charge in [0.25, 0.3) is 0 Å². The van der Waals surface area contributed by atoms with Crippen LogP contribution in [0.1, 0.15) is 77.1 Å². The lowest BCUT2D eigenvalue weighted by atomic mass is 10.0. The minimum atomic E-state index is -0.366. The van der Waals surface area contributed by atoms with Crippen molar-refractivity contribution in [1.82, 2.24) is 19.7 Å². The van der Waals surface area contributed by atoms with E-state index in [0.717, 1.165) is 39.4 Å². The van der Waals surface area contributed by atoms with Gasteiger partial charge in [0.1, 0.15) is 11.1 Å². The Balaban J connectivity index is 1.41. The smallest absolute Gasteiger partial charge is 0.192 e. The predicted octanol–water partition coefficient (Wildman–Crippen LogP) is 6.25. The number of H-pyrrole nitrogens is 1. The molecular formula is C26H26N4OS. The first-order valence-corrected chi connectivity index (χ1v) is 12.4. The number of thioether (sulfide) groups is 1. The van der Waals surface area contributed by atoms with Crippen LogP contribution in [0.15, 0.2) is 59.9 Å². The Morgan fingerprint density at radius 2 is 1.91 bits per heavy atom. The van der Waals surface area contributed by atoms with E-state index in [1.165, 1.54) is 31.2 Å². The van der Waals surface area contributed by atoms with E-state index in [0.29, 0.717) is 12.0 Å². The first-order chi connectivity index (χ1) is 15.7. The number of hydrogen-bond donors (Lipinski definition) is 1. The summed E-state index contributed by atoms with van der Waals surface area (Å²) in [5, 5.41) is 10.6. The molecule has 162 valence electrons. The highest BCUT2D eigenvalue weighted by atomic mass is 32.2. The van der Waals surface area contributed by atoms with Crippen molar-refractivity contribution in [2.45, 2.75) is 61.4 Å². The summed E-state index contributed by atoms with van der Waals surface area (Å²) in [6.45, 7) is 2.14. The Hall–Kier alpha value is -2.86. The summed E-state index contributed by atoms with van der Waals surface area (Å²) in [6.07, 6.45) is 7.56. The van der Waals surface area contributed by atoms with Gasteiger partial charge in [0.05, 0.1) is 0 Å². The number of fused-ring (bicyclic) bond motifs is 1. The second-order valence-corrected chi connectivity index (χ2v) is 9.96. The van der Waals surface area contributed by atoms with Crippen molar-refractivity contribution < 1.29 is 4.79 Å². The molecule has 0 amide bonds. The molecule has 2 fully saturated rings. The number of nitrogens with zero attached hydrogens (tertiary/aromatic N) is 3. The quantitative estimate of drug-likeness (QED) is 0.259. The van der Waals surface area contributed by atoms with Crippen LogP contribution in [0.2, 0.25) is 0 Å². The number of nitrogens with one attached hydrogen (secondary N) is 1. The molecule has 2 heterocycles. The van der Waals surface area contributed by atoms with Crippen LogP contribution in [0.3, 0.4) is 0 Å². The first kappa shape index (κ1) is 19.8. The van der Waals surface area contributed by atoms with Crippen LogP contribution in [0.4, 0.5) is 0 Å². The molecule has 2 aliphatic carbocycles. The average molecular weight is 443 g/mol. The summed E-state index contributed by atoms with van der Waals surface area (Å²) in [6, 6.07) is 16.8. The van der Waals surface area contributed by atoms with Gasteiger partial charge in [-0.2, -0.15) is 0 Å². The fourth-order valence-electron chi connectivity index (χ4n) is 4.53. The van der Waals surface area contributed by atoms with Crippen molar-refractivity contribution in [3.63, 3.8) is 0 Å². The predicted molar refractivity (Wildman–Crippen MR) is 127 cm³/mol. The van der Waals surface area contributed by atoms with E-state index in [9.17, 15) is 4.79 Å². The standard InChI is InChI=1S/C26H26N4OS/c1-2-16-9-6-10-20-21(15-27-22(16)20)23(31)24(17-7-4-3-5-8-17)32-26-29-28-25(18-11-12-18)30(26)19-13-14-19/h3-10,15,18-19,24,27H,2,11-14H2,1H3/t24-/m1/s1. The number of carbonyl (C=O) groups excluding carboxylic acids is 1. The van der Waals surface area contributed by atoms with Gasteiger partial charge in [-0.3, -0.25) is 4.79 Å². The van der Waals surface area contributed by atoms with Crippen molar-refractivity contribution in [3.8, 4) is 0 Å². The molecule has 0 radical (unpaired) electrons. The van der Waals surface area contributed by atoms with Gasteiger partial charge in [-0.25, -0.2) is 0 Å². The first-order valence-electron chi connectivity index (χ1n) is 11.5. The van der Waals surface area contributed by atoms with Crippen molar-refractivity contribution in [2.75, 3.05) is 0 Å². The molecule has 2 saturated carbocycles. The van der Waals surface area contributed by atoms with Gasteiger partial charge < -0.3 is 9.55 Å². The molecule has 4 aromatic rings. The highest BCUT2D eigenvalue weighted by molar-refractivity contribution is 8.00. The molecule has 32 heavy (non-hydrogen) atoms. The third-order valence-corrected chi connectivity index (χ3v) is 7.77. The van der Waals surface area contributed by atoms with Gasteiger partial charge in [-0.15, -0.1) is 10.2 Å². The Morgan fingerprint density at radius 3 is 2.62 bits per heavy atom. The summed E-state index contributed by atoms with van der Waals surface area (Å²) >= 11 is 1.55. The summed E-state index contributed by atoms with van der Waals surface area (Å²) in [5.74, 6) is 1.78. The third-order valence-electron chi connectivity index (χ3n) is 6.56. The molecule has 0 saturated heterocycles. The number of aromatic nitrogens is 4. The largest absolute Gasteiger partial charge is 0.360 e. The van der Waals surface area contributed by atoms with Crippen LogP contribution < -0.4 is 0 Å². The second-order valence-electron chi connectivity index (χ2n) is 8.88. The molecule has 0 aliphatic heterocycles. The number of ketones is 1. The van der Waals surface area contributed by atoms with Crippen molar-refractivity contribution in [2.24, 2.45) is 0 Å². The topological polar surface area (TPSA) is 63.6 Å². The van der Waals surface area contributed by atoms with E-state index in [2.05, 4.69) is 32.7 Å². The minimum Gasteiger partial charge on any atom is -0.360 e. The maximum atomic E-state index is 14.0. The van der Waals surface area contributed by atoms with Gasteiger partial charge in [-0.1, -0.05) is 67.2 Å². The molecule has 6 rings (SSSR count). The normalized spacial score (nSPS) is 17.0. The number of rotatable bonds is 8. The highest BCUT2D eigenvalue weighted by Gasteiger charge is 2.38. The molecule has 0 unspecified atom stereocenters. The number of hydrogen-bond acceptors (Lipinski definition) is 4. The molecular weight excluding hydrogens is 416 g/mol. The molecule has 6 heteroatoms. The molecule has 5 nitrogen and oxygen atoms in total. The van der Waals surface area contributed by atoms with Gasteiger partial charge in [-0.05, 0) is 43.2 Å². The van der Waals surface area contributed by atoms with Crippen LogP contribution in [0.25, 0.3) is 10.9 Å². The summed E-state index contributed by atoms with van der Waals surface area (Å²) in [5.41, 5.74) is 4.04. The summed E-state index contributed by atoms with van der Waals surface area (Å²) < 4.78 is 2.33. The molecule has 0 bridgehead atoms. The molecule has 1 N–H and O–H groups in total. The fraction of sp³-hybridized carbons (Fsp3) is 0.346. The number of aryl methyl sites for hydroxylation is 1. The van der Waals surface area contributed by atoms with E-state index in [1.54, 1.807) is 11.8 Å². The minimum absolute atomic E-state index is 0.110. The zero-order chi connectivity index (χ0) is 21.7. The molecule has 2 aromatic heterocycles. The van der Waals surface area contributed by atoms with E-state index in [1.807, 2.05) is 48.7 Å². The average Bonchev–Trinajstić information content (AvgIpc) is 3.77. The Bertz CT molecular complexity index is 1280. The third kappa shape index (κ3) is 3.47. The van der Waals surface area contributed by atoms with E-state index < -0.39 is 0 Å². The molecule has 1 atom stereocenters. The SMILES string of the molecule is CCc1cccc2c(C(=O)[C@H](Sc3nnc(C4CC4)n3C3CC3)c3ccccc3)c[nH]c12. The van der Waals surface area contributed by atoms with Crippen molar-refractivity contribution in [1.29, 1.82) is 0 Å². The number of para-hydroxylation sites is 1. The van der Waals surface area contributed by atoms with Gasteiger partial charge in [0, 0.05) is 34.6 Å². The van der Waals surface area contributed by atoms with E-state index in [4.69, 9.17) is 0 Å². The molecule has 2 aliphatic rings. The van der Waals surface area contributed by atoms with Gasteiger partial charge in [0.15, 0.2) is 10.9 Å². The summed E-state index contributed by atoms with van der Waals surface area (Å²) in [4.78, 5) is 17.3. The zero-order valence-corrected chi connectivity index (χ0v) is 18.9. The lowest BCUT2D eigenvalue weighted by Gasteiger charge is -2.16. The number of benzene rings is 2. The monoisotopic (exact) mass is 442 g/mol. The van der Waals surface area contributed by atoms with Crippen molar-refractivity contribution >= 4 is 28.4 Å².